The van der Waals surface area contributed by atoms with Gasteiger partial charge >= 0.3 is 12.1 Å². The number of benzene rings is 1. The van der Waals surface area contributed by atoms with Crippen LogP contribution in [0.5, 0.6) is 0 Å². The fraction of sp³-hybridized carbons (Fsp3) is 0.500. The van der Waals surface area contributed by atoms with Gasteiger partial charge in [-0.15, -0.1) is 0 Å². The Morgan fingerprint density at radius 2 is 1.79 bits per heavy atom. The Morgan fingerprint density at radius 3 is 2.33 bits per heavy atom. The summed E-state index contributed by atoms with van der Waals surface area (Å²) in [5, 5.41) is 10.4. The highest BCUT2D eigenvalue weighted by Gasteiger charge is 2.46. The highest BCUT2D eigenvalue weighted by atomic mass is 19.4. The molecule has 0 unspecified atom stereocenters. The fourth-order valence-electron chi connectivity index (χ4n) is 4.52. The lowest BCUT2D eigenvalue weighted by molar-refractivity contribution is -0.192. The van der Waals surface area contributed by atoms with Gasteiger partial charge in [-0.25, -0.2) is 4.79 Å². The van der Waals surface area contributed by atoms with E-state index in [4.69, 9.17) is 14.3 Å². The zero-order valence-electron chi connectivity index (χ0n) is 18.9. The molecule has 33 heavy (non-hydrogen) atoms. The second-order valence-corrected chi connectivity index (χ2v) is 9.01. The minimum absolute atomic E-state index is 0.0677. The third kappa shape index (κ3) is 5.96. The number of hydrogen-bond donors (Lipinski definition) is 2. The van der Waals surface area contributed by atoms with E-state index in [1.807, 2.05) is 13.0 Å². The van der Waals surface area contributed by atoms with Crippen molar-refractivity contribution in [2.75, 3.05) is 19.6 Å². The van der Waals surface area contributed by atoms with Crippen LogP contribution in [0.15, 0.2) is 40.8 Å². The fourth-order valence-corrected chi connectivity index (χ4v) is 4.52. The largest absolute Gasteiger partial charge is 0.490 e. The summed E-state index contributed by atoms with van der Waals surface area (Å²) >= 11 is 0. The third-order valence-corrected chi connectivity index (χ3v) is 6.12. The number of carboxylic acid groups (broad SMARTS) is 1. The number of aryl methyl sites for hydroxylation is 1. The summed E-state index contributed by atoms with van der Waals surface area (Å²) in [5.74, 6) is -0.0210. The van der Waals surface area contributed by atoms with E-state index >= 15 is 0 Å². The molecule has 1 aromatic heterocycles. The van der Waals surface area contributed by atoms with E-state index in [0.717, 1.165) is 31.3 Å². The van der Waals surface area contributed by atoms with Crippen LogP contribution < -0.4 is 5.32 Å². The number of carbonyl (C=O) groups is 2. The predicted molar refractivity (Wildman–Crippen MR) is 116 cm³/mol. The maximum absolute atomic E-state index is 12.7. The van der Waals surface area contributed by atoms with E-state index in [0.29, 0.717) is 17.6 Å². The van der Waals surface area contributed by atoms with Crippen LogP contribution in [0.4, 0.5) is 13.2 Å². The number of alkyl halides is 3. The molecule has 6 nitrogen and oxygen atoms in total. The van der Waals surface area contributed by atoms with E-state index in [1.54, 1.807) is 6.07 Å². The zero-order chi connectivity index (χ0) is 24.3. The predicted octanol–water partition coefficient (Wildman–Crippen LogP) is 4.77. The second-order valence-electron chi connectivity index (χ2n) is 9.01. The molecule has 1 saturated heterocycles. The topological polar surface area (TPSA) is 82.8 Å². The number of fused-ring (bicyclic) bond motifs is 3. The van der Waals surface area contributed by atoms with Crippen LogP contribution in [0.3, 0.4) is 0 Å². The number of carbonyl (C=O) groups excluding carboxylic acids is 1. The average Bonchev–Trinajstić information content (AvgIpc) is 3.42. The number of furan rings is 1. The normalized spacial score (nSPS) is 21.8. The van der Waals surface area contributed by atoms with Crippen LogP contribution in [-0.4, -0.2) is 47.7 Å². The van der Waals surface area contributed by atoms with Crippen molar-refractivity contribution in [1.29, 1.82) is 0 Å². The molecule has 1 aromatic carbocycles. The Labute approximate surface area is 190 Å². The lowest BCUT2D eigenvalue weighted by Crippen LogP contribution is -2.33. The quantitative estimate of drug-likeness (QED) is 0.664. The van der Waals surface area contributed by atoms with Gasteiger partial charge in [-0.05, 0) is 49.1 Å². The molecule has 2 heterocycles. The highest BCUT2D eigenvalue weighted by Crippen LogP contribution is 2.49. The zero-order valence-corrected chi connectivity index (χ0v) is 18.9. The van der Waals surface area contributed by atoms with Crippen molar-refractivity contribution >= 4 is 11.9 Å². The molecule has 2 aliphatic rings. The van der Waals surface area contributed by atoms with Crippen molar-refractivity contribution in [3.8, 4) is 0 Å². The van der Waals surface area contributed by atoms with Crippen LogP contribution in [0.2, 0.25) is 0 Å². The van der Waals surface area contributed by atoms with E-state index in [2.05, 4.69) is 48.3 Å². The summed E-state index contributed by atoms with van der Waals surface area (Å²) in [6.45, 7) is 9.71. The highest BCUT2D eigenvalue weighted by molar-refractivity contribution is 5.92. The van der Waals surface area contributed by atoms with Gasteiger partial charge in [-0.3, -0.25) is 4.79 Å². The molecule has 0 spiro atoms. The number of likely N-dealkylation sites (tertiary alicyclic amines) is 1. The van der Waals surface area contributed by atoms with E-state index in [-0.39, 0.29) is 11.9 Å². The maximum Gasteiger partial charge on any atom is 0.490 e. The monoisotopic (exact) mass is 466 g/mol. The number of rotatable bonds is 5. The molecule has 3 atom stereocenters. The molecule has 1 aliphatic carbocycles. The molecule has 9 heteroatoms. The van der Waals surface area contributed by atoms with Gasteiger partial charge in [0.05, 0.1) is 6.04 Å². The number of hydrogen-bond acceptors (Lipinski definition) is 4. The van der Waals surface area contributed by atoms with Crippen molar-refractivity contribution < 1.29 is 32.3 Å². The van der Waals surface area contributed by atoms with Gasteiger partial charge in [0.1, 0.15) is 5.76 Å². The Balaban J connectivity index is 0.000000383. The first-order valence-corrected chi connectivity index (χ1v) is 11.0. The second kappa shape index (κ2) is 9.99. The number of halogens is 3. The lowest BCUT2D eigenvalue weighted by atomic mass is 9.94. The first kappa shape index (κ1) is 24.8. The van der Waals surface area contributed by atoms with Crippen molar-refractivity contribution in [1.82, 2.24) is 10.2 Å². The maximum atomic E-state index is 12.7. The third-order valence-electron chi connectivity index (χ3n) is 6.12. The van der Waals surface area contributed by atoms with Gasteiger partial charge in [0.15, 0.2) is 5.76 Å². The van der Waals surface area contributed by atoms with Gasteiger partial charge in [0.25, 0.3) is 5.91 Å². The molecule has 1 fully saturated rings. The van der Waals surface area contributed by atoms with Crippen LogP contribution in [0, 0.1) is 18.8 Å². The smallest absolute Gasteiger partial charge is 0.475 e. The van der Waals surface area contributed by atoms with E-state index < -0.39 is 12.1 Å². The Kier molecular flexibility index (Phi) is 7.51. The van der Waals surface area contributed by atoms with Gasteiger partial charge in [-0.1, -0.05) is 38.1 Å². The number of amides is 1. The van der Waals surface area contributed by atoms with Crippen molar-refractivity contribution in [2.45, 2.75) is 45.3 Å². The molecular weight excluding hydrogens is 437 g/mol. The first-order chi connectivity index (χ1) is 15.5. The summed E-state index contributed by atoms with van der Waals surface area (Å²) in [6, 6.07) is 12.3. The van der Waals surface area contributed by atoms with Crippen molar-refractivity contribution in [3.63, 3.8) is 0 Å². The van der Waals surface area contributed by atoms with Gasteiger partial charge in [-0.2, -0.15) is 13.2 Å². The Bertz CT molecular complexity index is 986. The number of nitrogens with one attached hydrogen (secondary N) is 1. The van der Waals surface area contributed by atoms with Gasteiger partial charge < -0.3 is 19.7 Å². The first-order valence-electron chi connectivity index (χ1n) is 11.0. The lowest BCUT2D eigenvalue weighted by Gasteiger charge is -2.23. The van der Waals surface area contributed by atoms with Crippen LogP contribution in [-0.2, 0) is 4.79 Å². The standard InChI is InChI=1S/C22H28N2O2.C2HF3O2/c1-14(2)10-11-24-12-18-16-6-4-5-7-17(16)21(19(18)13-24)23-22(25)20-9-8-15(3)26-20;3-2(4,5)1(6)7/h4-9,14,18-19,21H,10-13H2,1-3H3,(H,23,25);(H,6,7)/t18-,19-,21+;/m0./s1. The summed E-state index contributed by atoms with van der Waals surface area (Å²) in [5.41, 5.74) is 2.69. The molecule has 2 N–H and O–H groups in total. The van der Waals surface area contributed by atoms with Gasteiger partial charge in [0.2, 0.25) is 0 Å². The summed E-state index contributed by atoms with van der Waals surface area (Å²) in [6.07, 6.45) is -3.86. The number of aliphatic carboxylic acids is 1. The number of carboxylic acids is 1. The van der Waals surface area contributed by atoms with Gasteiger partial charge in [0, 0.05) is 24.9 Å². The van der Waals surface area contributed by atoms with Crippen molar-refractivity contribution in [2.24, 2.45) is 11.8 Å². The summed E-state index contributed by atoms with van der Waals surface area (Å²) in [4.78, 5) is 24.2. The summed E-state index contributed by atoms with van der Waals surface area (Å²) < 4.78 is 37.3. The summed E-state index contributed by atoms with van der Waals surface area (Å²) in [7, 11) is 0. The average molecular weight is 467 g/mol. The minimum Gasteiger partial charge on any atom is -0.475 e. The Hall–Kier alpha value is -2.81. The molecule has 0 radical (unpaired) electrons. The number of nitrogens with zero attached hydrogens (tertiary/aromatic N) is 1. The minimum atomic E-state index is -5.08. The van der Waals surface area contributed by atoms with Crippen LogP contribution in [0.1, 0.15) is 59.7 Å². The van der Waals surface area contributed by atoms with Crippen LogP contribution >= 0.6 is 0 Å². The molecule has 1 aliphatic heterocycles. The molecule has 1 amide bonds. The Morgan fingerprint density at radius 1 is 1.15 bits per heavy atom. The molecule has 4 rings (SSSR count). The molecule has 180 valence electrons. The molecule has 2 aromatic rings. The van der Waals surface area contributed by atoms with Crippen LogP contribution in [0.25, 0.3) is 0 Å². The van der Waals surface area contributed by atoms with E-state index in [1.165, 1.54) is 17.5 Å². The molecular formula is C24H29F3N2O4. The molecule has 0 saturated carbocycles. The van der Waals surface area contributed by atoms with Crippen molar-refractivity contribution in [3.05, 3.63) is 59.0 Å². The SMILES string of the molecule is Cc1ccc(C(=O)N[C@@H]2c3ccccc3[C@@H]3CN(CCC(C)C)C[C@H]23)o1.O=C(O)C(F)(F)F. The molecule has 0 bridgehead atoms. The van der Waals surface area contributed by atoms with E-state index in [9.17, 15) is 18.0 Å².